The van der Waals surface area contributed by atoms with Gasteiger partial charge in [0.15, 0.2) is 0 Å². The Morgan fingerprint density at radius 1 is 1.31 bits per heavy atom. The summed E-state index contributed by atoms with van der Waals surface area (Å²) in [7, 11) is 0. The van der Waals surface area contributed by atoms with E-state index in [9.17, 15) is 9.59 Å². The summed E-state index contributed by atoms with van der Waals surface area (Å²) in [6, 6.07) is 1.48. The maximum absolute atomic E-state index is 11.0. The van der Waals surface area contributed by atoms with E-state index in [0.29, 0.717) is 16.6 Å². The van der Waals surface area contributed by atoms with E-state index in [1.165, 1.54) is 12.3 Å². The number of carboxylic acid groups (broad SMARTS) is 2. The molecule has 3 N–H and O–H groups in total. The van der Waals surface area contributed by atoms with Crippen LogP contribution in [0, 0.1) is 6.92 Å². The van der Waals surface area contributed by atoms with Crippen molar-refractivity contribution in [3.63, 3.8) is 0 Å². The van der Waals surface area contributed by atoms with E-state index in [1.807, 2.05) is 0 Å². The molecular weight excluding hydrogens is 212 g/mol. The largest absolute Gasteiger partial charge is 0.478 e. The van der Waals surface area contributed by atoms with Crippen molar-refractivity contribution in [2.45, 2.75) is 6.92 Å². The number of carbonyl (C=O) groups is 2. The van der Waals surface area contributed by atoms with E-state index in [-0.39, 0.29) is 11.3 Å². The van der Waals surface area contributed by atoms with Crippen LogP contribution >= 0.6 is 0 Å². The number of hydrogen-bond acceptors (Lipinski definition) is 3. The van der Waals surface area contributed by atoms with Crippen LogP contribution in [0.1, 0.15) is 26.5 Å². The minimum absolute atomic E-state index is 0.229. The minimum atomic E-state index is -1.30. The maximum Gasteiger partial charge on any atom is 0.353 e. The van der Waals surface area contributed by atoms with Crippen molar-refractivity contribution >= 4 is 22.8 Å². The van der Waals surface area contributed by atoms with E-state index < -0.39 is 11.9 Å². The van der Waals surface area contributed by atoms with Gasteiger partial charge in [-0.15, -0.1) is 0 Å². The lowest BCUT2D eigenvalue weighted by Gasteiger charge is -1.94. The van der Waals surface area contributed by atoms with Gasteiger partial charge in [-0.2, -0.15) is 0 Å². The monoisotopic (exact) mass is 220 g/mol. The molecule has 0 aliphatic rings. The fourth-order valence-corrected chi connectivity index (χ4v) is 1.64. The highest BCUT2D eigenvalue weighted by Crippen LogP contribution is 2.23. The summed E-state index contributed by atoms with van der Waals surface area (Å²) >= 11 is 0. The highest BCUT2D eigenvalue weighted by molar-refractivity contribution is 6.11. The smallest absolute Gasteiger partial charge is 0.353 e. The lowest BCUT2D eigenvalue weighted by molar-refractivity contribution is 0.0650. The molecule has 16 heavy (non-hydrogen) atoms. The summed E-state index contributed by atoms with van der Waals surface area (Å²) in [4.78, 5) is 28.4. The molecule has 6 nitrogen and oxygen atoms in total. The average Bonchev–Trinajstić information content (AvgIpc) is 2.58. The van der Waals surface area contributed by atoms with Crippen LogP contribution in [-0.2, 0) is 0 Å². The van der Waals surface area contributed by atoms with E-state index >= 15 is 0 Å². The fourth-order valence-electron chi connectivity index (χ4n) is 1.64. The Hall–Kier alpha value is -2.37. The summed E-state index contributed by atoms with van der Waals surface area (Å²) < 4.78 is 0. The second-order valence-corrected chi connectivity index (χ2v) is 3.30. The van der Waals surface area contributed by atoms with Crippen molar-refractivity contribution in [2.75, 3.05) is 0 Å². The number of aromatic carboxylic acids is 2. The molecule has 0 fully saturated rings. The lowest BCUT2D eigenvalue weighted by atomic mass is 10.1. The first-order valence-electron chi connectivity index (χ1n) is 4.46. The number of hydrogen-bond donors (Lipinski definition) is 3. The topological polar surface area (TPSA) is 103 Å². The van der Waals surface area contributed by atoms with Crippen LogP contribution in [0.5, 0.6) is 0 Å². The van der Waals surface area contributed by atoms with Gasteiger partial charge in [-0.05, 0) is 13.0 Å². The molecule has 0 saturated heterocycles. The average molecular weight is 220 g/mol. The summed E-state index contributed by atoms with van der Waals surface area (Å²) in [5, 5.41) is 18.2. The number of nitrogens with zero attached hydrogens (tertiary/aromatic N) is 1. The van der Waals surface area contributed by atoms with Crippen LogP contribution in [0.3, 0.4) is 0 Å². The number of aromatic amines is 1. The number of nitrogens with one attached hydrogen (secondary N) is 1. The Kier molecular flexibility index (Phi) is 2.12. The van der Waals surface area contributed by atoms with Crippen molar-refractivity contribution in [3.05, 3.63) is 29.2 Å². The Bertz CT molecular complexity index is 600. The van der Waals surface area contributed by atoms with Crippen LogP contribution in [0.15, 0.2) is 12.3 Å². The Labute approximate surface area is 89.5 Å². The summed E-state index contributed by atoms with van der Waals surface area (Å²) in [6.07, 6.45) is 1.45. The van der Waals surface area contributed by atoms with Gasteiger partial charge >= 0.3 is 11.9 Å². The van der Waals surface area contributed by atoms with Crippen molar-refractivity contribution < 1.29 is 19.8 Å². The van der Waals surface area contributed by atoms with Crippen molar-refractivity contribution in [1.82, 2.24) is 9.97 Å². The zero-order valence-electron chi connectivity index (χ0n) is 8.31. The van der Waals surface area contributed by atoms with Crippen molar-refractivity contribution in [3.8, 4) is 0 Å². The molecule has 6 heteroatoms. The normalized spacial score (nSPS) is 10.6. The number of aryl methyl sites for hydroxylation is 1. The van der Waals surface area contributed by atoms with E-state index in [2.05, 4.69) is 9.97 Å². The number of fused-ring (bicyclic) bond motifs is 1. The van der Waals surface area contributed by atoms with Crippen LogP contribution in [0.2, 0.25) is 0 Å². The van der Waals surface area contributed by atoms with Crippen LogP contribution in [-0.4, -0.2) is 32.1 Å². The van der Waals surface area contributed by atoms with E-state index in [4.69, 9.17) is 10.2 Å². The highest BCUT2D eigenvalue weighted by Gasteiger charge is 2.23. The zero-order valence-corrected chi connectivity index (χ0v) is 8.31. The number of carboxylic acids is 2. The second-order valence-electron chi connectivity index (χ2n) is 3.30. The van der Waals surface area contributed by atoms with Crippen molar-refractivity contribution in [1.29, 1.82) is 0 Å². The molecule has 0 unspecified atom stereocenters. The van der Waals surface area contributed by atoms with Crippen LogP contribution < -0.4 is 0 Å². The molecule has 82 valence electrons. The Morgan fingerprint density at radius 2 is 2.00 bits per heavy atom. The number of H-pyrrole nitrogens is 1. The Morgan fingerprint density at radius 3 is 2.56 bits per heavy atom. The Balaban J connectivity index is 2.92. The van der Waals surface area contributed by atoms with Gasteiger partial charge in [-0.1, -0.05) is 0 Å². The molecule has 0 aliphatic heterocycles. The summed E-state index contributed by atoms with van der Waals surface area (Å²) in [5.41, 5.74) is 0.455. The maximum atomic E-state index is 11.0. The van der Waals surface area contributed by atoms with Crippen LogP contribution in [0.25, 0.3) is 10.9 Å². The van der Waals surface area contributed by atoms with Gasteiger partial charge in [0.1, 0.15) is 5.69 Å². The van der Waals surface area contributed by atoms with Crippen molar-refractivity contribution in [2.24, 2.45) is 0 Å². The molecule has 2 aromatic heterocycles. The SMILES string of the molecule is Cc1nccc2c(C(=O)O)c(C(=O)O)[nH]c12. The standard InChI is InChI=1S/C10H8N2O4/c1-4-7-5(2-3-11-4)6(9(13)14)8(12-7)10(15)16/h2-3,12H,1H3,(H,13,14)(H,15,16). The number of aromatic nitrogens is 2. The first-order valence-corrected chi connectivity index (χ1v) is 4.46. The van der Waals surface area contributed by atoms with Gasteiger partial charge in [-0.25, -0.2) is 9.59 Å². The molecule has 2 heterocycles. The molecule has 0 amide bonds. The van der Waals surface area contributed by atoms with Crippen LogP contribution in [0.4, 0.5) is 0 Å². The molecule has 0 saturated carbocycles. The third-order valence-corrected chi connectivity index (χ3v) is 2.34. The second kappa shape index (κ2) is 3.34. The third-order valence-electron chi connectivity index (χ3n) is 2.34. The molecular formula is C10H8N2O4. The molecule has 0 aromatic carbocycles. The molecule has 0 bridgehead atoms. The zero-order chi connectivity index (χ0) is 11.9. The third kappa shape index (κ3) is 1.31. The minimum Gasteiger partial charge on any atom is -0.478 e. The highest BCUT2D eigenvalue weighted by atomic mass is 16.4. The van der Waals surface area contributed by atoms with E-state index in [0.717, 1.165) is 0 Å². The van der Waals surface area contributed by atoms with Gasteiger partial charge in [0.05, 0.1) is 16.8 Å². The predicted molar refractivity (Wildman–Crippen MR) is 54.7 cm³/mol. The summed E-state index contributed by atoms with van der Waals surface area (Å²) in [6.45, 7) is 1.68. The van der Waals surface area contributed by atoms with Gasteiger partial charge in [0.2, 0.25) is 0 Å². The molecule has 0 radical (unpaired) electrons. The molecule has 0 aliphatic carbocycles. The molecule has 2 rings (SSSR count). The molecule has 2 aromatic rings. The quantitative estimate of drug-likeness (QED) is 0.707. The van der Waals surface area contributed by atoms with Gasteiger partial charge in [0.25, 0.3) is 0 Å². The van der Waals surface area contributed by atoms with E-state index in [1.54, 1.807) is 6.92 Å². The first-order chi connectivity index (χ1) is 7.52. The number of pyridine rings is 1. The fraction of sp³-hybridized carbons (Fsp3) is 0.100. The number of rotatable bonds is 2. The van der Waals surface area contributed by atoms with Gasteiger partial charge < -0.3 is 15.2 Å². The van der Waals surface area contributed by atoms with Gasteiger partial charge in [0, 0.05) is 11.6 Å². The lowest BCUT2D eigenvalue weighted by Crippen LogP contribution is -2.06. The van der Waals surface area contributed by atoms with Gasteiger partial charge in [-0.3, -0.25) is 4.98 Å². The molecule has 0 spiro atoms. The first kappa shape index (κ1) is 10.2. The predicted octanol–water partition coefficient (Wildman–Crippen LogP) is 1.27. The molecule has 0 atom stereocenters. The summed E-state index contributed by atoms with van der Waals surface area (Å²) in [5.74, 6) is -2.57.